The smallest absolute Gasteiger partial charge is 0.162 e. The first-order valence-corrected chi connectivity index (χ1v) is 10.4. The van der Waals surface area contributed by atoms with Crippen LogP contribution in [0.15, 0.2) is 61.2 Å². The van der Waals surface area contributed by atoms with Crippen LogP contribution in [-0.2, 0) is 0 Å². The highest BCUT2D eigenvalue weighted by Crippen LogP contribution is 2.37. The minimum atomic E-state index is 0.325. The third-order valence-corrected chi connectivity index (χ3v) is 5.28. The van der Waals surface area contributed by atoms with Crippen molar-refractivity contribution < 1.29 is 0 Å². The molecule has 30 heavy (non-hydrogen) atoms. The van der Waals surface area contributed by atoms with Gasteiger partial charge in [-0.25, -0.2) is 19.9 Å². The fourth-order valence-corrected chi connectivity index (χ4v) is 3.77. The van der Waals surface area contributed by atoms with E-state index in [1.807, 2.05) is 31.3 Å². The zero-order chi connectivity index (χ0) is 21.3. The SMILES string of the molecule is Cc1ncnc(-c2cc(C(C)C)c(-n3ccnc3-c3ccccc3)c(C(C)C)c2)n1. The number of hydrogen-bond acceptors (Lipinski definition) is 4. The third-order valence-electron chi connectivity index (χ3n) is 5.28. The largest absolute Gasteiger partial charge is 0.299 e. The Hall–Kier alpha value is -3.34. The van der Waals surface area contributed by atoms with Crippen LogP contribution < -0.4 is 0 Å². The number of nitrogens with zero attached hydrogens (tertiary/aromatic N) is 5. The maximum atomic E-state index is 4.69. The van der Waals surface area contributed by atoms with Crippen molar-refractivity contribution in [2.24, 2.45) is 0 Å². The average Bonchev–Trinajstić information content (AvgIpc) is 3.23. The number of benzene rings is 2. The van der Waals surface area contributed by atoms with E-state index in [-0.39, 0.29) is 0 Å². The molecule has 2 heterocycles. The van der Waals surface area contributed by atoms with Gasteiger partial charge < -0.3 is 0 Å². The van der Waals surface area contributed by atoms with Gasteiger partial charge >= 0.3 is 0 Å². The Balaban J connectivity index is 1.98. The van der Waals surface area contributed by atoms with Crippen molar-refractivity contribution in [1.29, 1.82) is 0 Å². The lowest BCUT2D eigenvalue weighted by atomic mass is 9.89. The Kier molecular flexibility index (Phi) is 5.44. The molecule has 4 rings (SSSR count). The molecule has 0 saturated carbocycles. The quantitative estimate of drug-likeness (QED) is 0.418. The number of aryl methyl sites for hydroxylation is 1. The second-order valence-electron chi connectivity index (χ2n) is 8.16. The molecule has 0 unspecified atom stereocenters. The van der Waals surface area contributed by atoms with Crippen LogP contribution in [0.1, 0.15) is 56.5 Å². The van der Waals surface area contributed by atoms with Gasteiger partial charge in [-0.15, -0.1) is 0 Å². The average molecular weight is 398 g/mol. The van der Waals surface area contributed by atoms with Gasteiger partial charge in [0, 0.05) is 23.5 Å². The van der Waals surface area contributed by atoms with Gasteiger partial charge in [-0.1, -0.05) is 58.0 Å². The van der Waals surface area contributed by atoms with Crippen molar-refractivity contribution in [3.63, 3.8) is 0 Å². The Bertz CT molecular complexity index is 1130. The molecule has 2 aromatic heterocycles. The lowest BCUT2D eigenvalue weighted by Crippen LogP contribution is -2.09. The number of rotatable bonds is 5. The molecule has 0 aliphatic heterocycles. The second kappa shape index (κ2) is 8.19. The lowest BCUT2D eigenvalue weighted by Gasteiger charge is -2.23. The summed E-state index contributed by atoms with van der Waals surface area (Å²) in [5.74, 6) is 3.04. The second-order valence-corrected chi connectivity index (χ2v) is 8.16. The topological polar surface area (TPSA) is 56.5 Å². The van der Waals surface area contributed by atoms with Crippen LogP contribution in [-0.4, -0.2) is 24.5 Å². The van der Waals surface area contributed by atoms with Gasteiger partial charge in [-0.05, 0) is 42.0 Å². The molecule has 152 valence electrons. The molecule has 0 N–H and O–H groups in total. The fraction of sp³-hybridized carbons (Fsp3) is 0.280. The van der Waals surface area contributed by atoms with Gasteiger partial charge in [0.25, 0.3) is 0 Å². The molecule has 0 atom stereocenters. The molecule has 0 bridgehead atoms. The fourth-order valence-electron chi connectivity index (χ4n) is 3.77. The van der Waals surface area contributed by atoms with Gasteiger partial charge in [-0.3, -0.25) is 4.57 Å². The van der Waals surface area contributed by atoms with E-state index in [1.165, 1.54) is 16.8 Å². The van der Waals surface area contributed by atoms with Crippen molar-refractivity contribution >= 4 is 0 Å². The summed E-state index contributed by atoms with van der Waals surface area (Å²) in [6.07, 6.45) is 5.51. The highest BCUT2D eigenvalue weighted by atomic mass is 15.1. The molecule has 0 aliphatic rings. The highest BCUT2D eigenvalue weighted by Gasteiger charge is 2.21. The highest BCUT2D eigenvalue weighted by molar-refractivity contribution is 5.68. The summed E-state index contributed by atoms with van der Waals surface area (Å²) in [4.78, 5) is 17.8. The molecule has 5 heteroatoms. The Morgan fingerprint density at radius 1 is 0.800 bits per heavy atom. The van der Waals surface area contributed by atoms with E-state index in [0.717, 1.165) is 22.8 Å². The summed E-state index contributed by atoms with van der Waals surface area (Å²) >= 11 is 0. The van der Waals surface area contributed by atoms with Crippen LogP contribution in [0.5, 0.6) is 0 Å². The molecule has 0 aliphatic carbocycles. The van der Waals surface area contributed by atoms with E-state index >= 15 is 0 Å². The standard InChI is InChI=1S/C25H27N5/c1-16(2)21-13-20(24-28-15-27-18(5)29-24)14-22(17(3)4)23(21)30-12-11-26-25(30)19-9-7-6-8-10-19/h6-17H,1-5H3. The van der Waals surface area contributed by atoms with Crippen molar-refractivity contribution in [2.45, 2.75) is 46.5 Å². The molecule has 0 saturated heterocycles. The molecular formula is C25H27N5. The molecule has 0 fully saturated rings. The number of hydrogen-bond donors (Lipinski definition) is 0. The molecule has 5 nitrogen and oxygen atoms in total. The molecule has 0 radical (unpaired) electrons. The van der Waals surface area contributed by atoms with E-state index < -0.39 is 0 Å². The number of imidazole rings is 1. The van der Waals surface area contributed by atoms with Crippen LogP contribution in [0.4, 0.5) is 0 Å². The summed E-state index contributed by atoms with van der Waals surface area (Å²) < 4.78 is 2.22. The van der Waals surface area contributed by atoms with E-state index in [0.29, 0.717) is 17.7 Å². The zero-order valence-corrected chi connectivity index (χ0v) is 18.2. The maximum Gasteiger partial charge on any atom is 0.162 e. The minimum absolute atomic E-state index is 0.325. The Morgan fingerprint density at radius 2 is 1.47 bits per heavy atom. The van der Waals surface area contributed by atoms with E-state index in [4.69, 9.17) is 0 Å². The molecule has 0 amide bonds. The third kappa shape index (κ3) is 3.75. The Morgan fingerprint density at radius 3 is 2.07 bits per heavy atom. The Labute approximate surface area is 177 Å². The van der Waals surface area contributed by atoms with Gasteiger partial charge in [-0.2, -0.15) is 0 Å². The van der Waals surface area contributed by atoms with E-state index in [1.54, 1.807) is 6.33 Å². The van der Waals surface area contributed by atoms with Crippen LogP contribution in [0.3, 0.4) is 0 Å². The lowest BCUT2D eigenvalue weighted by molar-refractivity contribution is 0.806. The molecule has 0 spiro atoms. The summed E-state index contributed by atoms with van der Waals surface area (Å²) in [6.45, 7) is 10.8. The maximum absolute atomic E-state index is 4.69. The van der Waals surface area contributed by atoms with Gasteiger partial charge in [0.1, 0.15) is 18.0 Å². The first kappa shape index (κ1) is 20.0. The summed E-state index contributed by atoms with van der Waals surface area (Å²) in [5, 5.41) is 0. The van der Waals surface area contributed by atoms with E-state index in [9.17, 15) is 0 Å². The van der Waals surface area contributed by atoms with Gasteiger partial charge in [0.2, 0.25) is 0 Å². The summed E-state index contributed by atoms with van der Waals surface area (Å²) in [7, 11) is 0. The molecule has 2 aromatic carbocycles. The molecule has 4 aromatic rings. The molecular weight excluding hydrogens is 370 g/mol. The van der Waals surface area contributed by atoms with Crippen LogP contribution in [0.2, 0.25) is 0 Å². The first-order valence-electron chi connectivity index (χ1n) is 10.4. The van der Waals surface area contributed by atoms with Crippen molar-refractivity contribution in [3.05, 3.63) is 78.1 Å². The van der Waals surface area contributed by atoms with Crippen LogP contribution >= 0.6 is 0 Å². The predicted octanol–water partition coefficient (Wildman–Crippen LogP) is 5.95. The van der Waals surface area contributed by atoms with Crippen LogP contribution in [0, 0.1) is 6.92 Å². The van der Waals surface area contributed by atoms with Crippen molar-refractivity contribution in [3.8, 4) is 28.5 Å². The number of aromatic nitrogens is 5. The normalized spacial score (nSPS) is 11.4. The van der Waals surface area contributed by atoms with E-state index in [2.05, 4.69) is 82.7 Å². The zero-order valence-electron chi connectivity index (χ0n) is 18.2. The van der Waals surface area contributed by atoms with Crippen molar-refractivity contribution in [1.82, 2.24) is 24.5 Å². The van der Waals surface area contributed by atoms with Crippen molar-refractivity contribution in [2.75, 3.05) is 0 Å². The predicted molar refractivity (Wildman–Crippen MR) is 121 cm³/mol. The summed E-state index contributed by atoms with van der Waals surface area (Å²) in [5.41, 5.74) is 5.84. The summed E-state index contributed by atoms with van der Waals surface area (Å²) in [6, 6.07) is 14.8. The first-order chi connectivity index (χ1) is 14.5. The van der Waals surface area contributed by atoms with Crippen LogP contribution in [0.25, 0.3) is 28.5 Å². The monoisotopic (exact) mass is 397 g/mol. The minimum Gasteiger partial charge on any atom is -0.299 e. The van der Waals surface area contributed by atoms with Gasteiger partial charge in [0.15, 0.2) is 5.82 Å². The van der Waals surface area contributed by atoms with Gasteiger partial charge in [0.05, 0.1) is 5.69 Å².